The molecule has 0 radical (unpaired) electrons. The summed E-state index contributed by atoms with van der Waals surface area (Å²) in [6.07, 6.45) is 15.6. The maximum absolute atomic E-state index is 11.8. The Morgan fingerprint density at radius 3 is 2.14 bits per heavy atom. The van der Waals surface area contributed by atoms with Crippen molar-refractivity contribution in [3.63, 3.8) is 0 Å². The number of allylic oxidation sites excluding steroid dienone is 2. The van der Waals surface area contributed by atoms with Crippen molar-refractivity contribution in [2.24, 2.45) is 29.2 Å². The number of benzene rings is 1. The minimum atomic E-state index is -0.713. The highest BCUT2D eigenvalue weighted by atomic mass is 16.5. The first-order chi connectivity index (χ1) is 21.2. The van der Waals surface area contributed by atoms with Gasteiger partial charge in [-0.15, -0.1) is 0 Å². The smallest absolute Gasteiger partial charge is 0.306 e. The monoisotopic (exact) mass is 613 g/mol. The Morgan fingerprint density at radius 1 is 0.977 bits per heavy atom. The number of methoxy groups -OCH3 is 1. The third-order valence-corrected chi connectivity index (χ3v) is 9.63. The van der Waals surface area contributed by atoms with Crippen LogP contribution in [0.15, 0.2) is 29.1 Å². The number of carbonyl (C=O) groups is 1. The van der Waals surface area contributed by atoms with Gasteiger partial charge in [0.25, 0.3) is 0 Å². The second-order valence-electron chi connectivity index (χ2n) is 12.7. The fourth-order valence-electron chi connectivity index (χ4n) is 6.42. The van der Waals surface area contributed by atoms with Crippen LogP contribution in [0.3, 0.4) is 0 Å². The normalized spacial score (nSPS) is 17.6. The van der Waals surface area contributed by atoms with E-state index in [-0.39, 0.29) is 17.7 Å². The zero-order valence-electron chi connectivity index (χ0n) is 28.6. The number of phenolic OH excluding ortho intramolecular Hbond substituents is 1. The molecule has 3 rings (SSSR count). The van der Waals surface area contributed by atoms with Crippen LogP contribution in [0.1, 0.15) is 142 Å². The van der Waals surface area contributed by atoms with Crippen LogP contribution in [0, 0.1) is 17.8 Å². The van der Waals surface area contributed by atoms with Gasteiger partial charge in [-0.1, -0.05) is 86.0 Å². The Bertz CT molecular complexity index is 1090. The fraction of sp³-hybridized carbons (Fsp3) is 0.703. The average molecular weight is 614 g/mol. The molecule has 7 nitrogen and oxygen atoms in total. The summed E-state index contributed by atoms with van der Waals surface area (Å²) in [5.74, 6) is 1.60. The van der Waals surface area contributed by atoms with Crippen molar-refractivity contribution in [1.82, 2.24) is 5.32 Å². The summed E-state index contributed by atoms with van der Waals surface area (Å²) in [5.41, 5.74) is 18.5. The lowest BCUT2D eigenvalue weighted by atomic mass is 9.77. The first kappa shape index (κ1) is 37.4. The van der Waals surface area contributed by atoms with E-state index < -0.39 is 5.97 Å². The molecule has 2 aliphatic rings. The van der Waals surface area contributed by atoms with Crippen LogP contribution in [-0.2, 0) is 11.2 Å². The van der Waals surface area contributed by atoms with Gasteiger partial charge in [-0.25, -0.2) is 0 Å². The van der Waals surface area contributed by atoms with Crippen molar-refractivity contribution in [3.8, 4) is 11.5 Å². The maximum Gasteiger partial charge on any atom is 0.306 e. The molecule has 0 bridgehead atoms. The van der Waals surface area contributed by atoms with Crippen molar-refractivity contribution in [3.05, 3.63) is 40.2 Å². The van der Waals surface area contributed by atoms with Gasteiger partial charge < -0.3 is 31.7 Å². The maximum atomic E-state index is 11.8. The summed E-state index contributed by atoms with van der Waals surface area (Å²) < 4.78 is 5.52. The van der Waals surface area contributed by atoms with E-state index in [2.05, 4.69) is 19.2 Å². The van der Waals surface area contributed by atoms with Crippen LogP contribution in [0.25, 0.3) is 5.70 Å². The zero-order chi connectivity index (χ0) is 32.6. The Kier molecular flexibility index (Phi) is 16.6. The van der Waals surface area contributed by atoms with Crippen molar-refractivity contribution >= 4 is 11.7 Å². The topological polar surface area (TPSA) is 131 Å². The molecule has 2 aliphatic carbocycles. The molecule has 2 unspecified atom stereocenters. The number of hydrogen-bond acceptors (Lipinski definition) is 6. The molecule has 0 spiro atoms. The average Bonchev–Trinajstić information content (AvgIpc) is 2.97. The predicted octanol–water partition coefficient (Wildman–Crippen LogP) is 8.64. The number of rotatable bonds is 19. The lowest BCUT2D eigenvalue weighted by molar-refractivity contribution is -0.142. The Balaban J connectivity index is 0.00000330. The number of hydrogen-bond donors (Lipinski definition) is 5. The van der Waals surface area contributed by atoms with Crippen LogP contribution in [0.5, 0.6) is 11.5 Å². The number of unbranched alkanes of at least 4 members (excludes halogenated alkanes) is 1. The summed E-state index contributed by atoms with van der Waals surface area (Å²) in [6, 6.07) is 3.79. The highest BCUT2D eigenvalue weighted by molar-refractivity contribution is 5.77. The van der Waals surface area contributed by atoms with Gasteiger partial charge in [0, 0.05) is 23.4 Å². The van der Waals surface area contributed by atoms with Gasteiger partial charge in [0.15, 0.2) is 0 Å². The predicted molar refractivity (Wildman–Crippen MR) is 183 cm³/mol. The Hall–Kier alpha value is -2.83. The summed E-state index contributed by atoms with van der Waals surface area (Å²) >= 11 is 0. The first-order valence-corrected chi connectivity index (χ1v) is 17.6. The molecule has 0 amide bonds. The number of nitrogens with two attached hydrogens (primary N) is 2. The number of carboxylic acids is 1. The summed E-state index contributed by atoms with van der Waals surface area (Å²) in [4.78, 5) is 11.8. The summed E-state index contributed by atoms with van der Waals surface area (Å²) in [6.45, 7) is 10.3. The molecule has 44 heavy (non-hydrogen) atoms. The molecular weight excluding hydrogens is 550 g/mol. The third-order valence-electron chi connectivity index (χ3n) is 9.63. The molecule has 0 aliphatic heterocycles. The SMILES string of the molecule is CC.CCCCC(=C(/N)c1c(O)cc(OC)cc1CC1CCC1)/C(CC1CCC1)=C(\N)NC(CC)CCC(CCC)C(=O)O. The largest absolute Gasteiger partial charge is 0.507 e. The second-order valence-corrected chi connectivity index (χ2v) is 12.7. The van der Waals surface area contributed by atoms with Crippen molar-refractivity contribution in [1.29, 1.82) is 0 Å². The fourth-order valence-corrected chi connectivity index (χ4v) is 6.42. The third kappa shape index (κ3) is 10.7. The van der Waals surface area contributed by atoms with E-state index in [1.54, 1.807) is 13.2 Å². The minimum absolute atomic E-state index is 0.0808. The summed E-state index contributed by atoms with van der Waals surface area (Å²) in [5, 5.41) is 24.6. The van der Waals surface area contributed by atoms with Crippen molar-refractivity contribution in [2.75, 3.05) is 7.11 Å². The number of ether oxygens (including phenoxy) is 1. The van der Waals surface area contributed by atoms with Gasteiger partial charge in [-0.05, 0) is 86.0 Å². The molecule has 0 aromatic heterocycles. The zero-order valence-corrected chi connectivity index (χ0v) is 28.6. The van der Waals surface area contributed by atoms with Gasteiger partial charge in [0.1, 0.15) is 11.5 Å². The molecule has 1 aromatic carbocycles. The molecule has 1 aromatic rings. The lowest BCUT2D eigenvalue weighted by Crippen LogP contribution is -2.34. The molecule has 250 valence electrons. The van der Waals surface area contributed by atoms with Crippen LogP contribution < -0.4 is 21.5 Å². The van der Waals surface area contributed by atoms with E-state index in [1.807, 2.05) is 26.8 Å². The number of aliphatic carboxylic acids is 1. The van der Waals surface area contributed by atoms with E-state index in [0.717, 1.165) is 73.6 Å². The molecule has 7 heteroatoms. The van der Waals surface area contributed by atoms with Crippen molar-refractivity contribution in [2.45, 2.75) is 143 Å². The van der Waals surface area contributed by atoms with Crippen molar-refractivity contribution < 1.29 is 19.7 Å². The quantitative estimate of drug-likeness (QED) is 0.0987. The lowest BCUT2D eigenvalue weighted by Gasteiger charge is -2.31. The van der Waals surface area contributed by atoms with E-state index in [1.165, 1.54) is 38.5 Å². The number of nitrogens with one attached hydrogen (secondary N) is 1. The van der Waals surface area contributed by atoms with Crippen LogP contribution in [0.4, 0.5) is 0 Å². The molecular formula is C37H63N3O4. The standard InChI is InChI=1S/C35H57N3O4.C2H6/c1-5-8-16-29(33(36)32-26(19-23-12-9-13-23)21-28(42-4)22-31(32)39)30(20-24-14-10-15-24)34(37)38-27(7-3)18-17-25(11-6-2)35(40)41;1-2/h21-25,27,38-39H,5-20,36-37H2,1-4H3,(H,40,41);1-2H3/b33-29-,34-30+;. The summed E-state index contributed by atoms with van der Waals surface area (Å²) in [7, 11) is 1.63. The number of aromatic hydroxyl groups is 1. The van der Waals surface area contributed by atoms with E-state index in [4.69, 9.17) is 16.2 Å². The van der Waals surface area contributed by atoms with Gasteiger partial charge >= 0.3 is 5.97 Å². The first-order valence-electron chi connectivity index (χ1n) is 17.6. The molecule has 7 N–H and O–H groups in total. The van der Waals surface area contributed by atoms with Crippen LogP contribution >= 0.6 is 0 Å². The van der Waals surface area contributed by atoms with Crippen LogP contribution in [-0.4, -0.2) is 29.3 Å². The number of carboxylic acid groups (broad SMARTS) is 1. The van der Waals surface area contributed by atoms with E-state index in [9.17, 15) is 15.0 Å². The molecule has 2 saturated carbocycles. The van der Waals surface area contributed by atoms with Gasteiger partial charge in [-0.3, -0.25) is 4.79 Å². The Labute approximate surface area is 267 Å². The highest BCUT2D eigenvalue weighted by Gasteiger charge is 2.28. The Morgan fingerprint density at radius 2 is 1.64 bits per heavy atom. The molecule has 2 fully saturated rings. The second kappa shape index (κ2) is 19.5. The molecule has 0 heterocycles. The van der Waals surface area contributed by atoms with Gasteiger partial charge in [0.05, 0.1) is 18.8 Å². The molecule has 2 atom stereocenters. The molecule has 0 saturated heterocycles. The van der Waals surface area contributed by atoms with E-state index >= 15 is 0 Å². The van der Waals surface area contributed by atoms with Gasteiger partial charge in [-0.2, -0.15) is 0 Å². The highest BCUT2D eigenvalue weighted by Crippen LogP contribution is 2.42. The van der Waals surface area contributed by atoms with E-state index in [0.29, 0.717) is 41.9 Å². The number of phenols is 1. The van der Waals surface area contributed by atoms with Crippen LogP contribution in [0.2, 0.25) is 0 Å². The minimum Gasteiger partial charge on any atom is -0.507 e. The van der Waals surface area contributed by atoms with Gasteiger partial charge in [0.2, 0.25) is 0 Å².